The highest BCUT2D eigenvalue weighted by Gasteiger charge is 2.43. The summed E-state index contributed by atoms with van der Waals surface area (Å²) in [5.74, 6) is -0.911. The molecule has 0 aliphatic heterocycles. The van der Waals surface area contributed by atoms with Crippen LogP contribution in [0.5, 0.6) is 0 Å². The van der Waals surface area contributed by atoms with Gasteiger partial charge in [-0.15, -0.1) is 0 Å². The molecule has 2 unspecified atom stereocenters. The van der Waals surface area contributed by atoms with E-state index < -0.39 is 5.97 Å². The summed E-state index contributed by atoms with van der Waals surface area (Å²) in [7, 11) is 1.27. The van der Waals surface area contributed by atoms with Crippen LogP contribution in [0.4, 0.5) is 4.39 Å². The van der Waals surface area contributed by atoms with E-state index in [-0.39, 0.29) is 30.1 Å². The number of carbonyl (C=O) groups is 2. The fourth-order valence-electron chi connectivity index (χ4n) is 1.93. The molecule has 0 saturated heterocycles. The minimum absolute atomic E-state index is 0.109. The number of halogens is 1. The minimum atomic E-state index is -0.470. The Morgan fingerprint density at radius 3 is 2.67 bits per heavy atom. The number of benzene rings is 1. The van der Waals surface area contributed by atoms with Crippen LogP contribution in [-0.4, -0.2) is 25.5 Å². The minimum Gasteiger partial charge on any atom is -0.468 e. The highest BCUT2D eigenvalue weighted by atomic mass is 19.1. The molecule has 1 aliphatic rings. The third kappa shape index (κ3) is 2.85. The first kappa shape index (κ1) is 12.5. The second-order valence-corrected chi connectivity index (χ2v) is 4.29. The summed E-state index contributed by atoms with van der Waals surface area (Å²) in [5.41, 5.74) is 0.953. The van der Waals surface area contributed by atoms with Crippen LogP contribution >= 0.6 is 0 Å². The molecule has 0 radical (unpaired) electrons. The smallest absolute Gasteiger partial charge is 0.325 e. The molecule has 0 heterocycles. The highest BCUT2D eigenvalue weighted by Crippen LogP contribution is 2.47. The highest BCUT2D eigenvalue weighted by molar-refractivity contribution is 5.86. The van der Waals surface area contributed by atoms with Gasteiger partial charge in [0.05, 0.1) is 7.11 Å². The van der Waals surface area contributed by atoms with Crippen LogP contribution < -0.4 is 5.32 Å². The molecule has 1 N–H and O–H groups in total. The fraction of sp³-hybridized carbons (Fsp3) is 0.385. The Labute approximate surface area is 104 Å². The predicted molar refractivity (Wildman–Crippen MR) is 62.3 cm³/mol. The lowest BCUT2D eigenvalue weighted by Gasteiger charge is -2.03. The Morgan fingerprint density at radius 2 is 2.06 bits per heavy atom. The summed E-state index contributed by atoms with van der Waals surface area (Å²) < 4.78 is 17.2. The Bertz CT molecular complexity index is 458. The molecule has 5 heteroatoms. The molecule has 1 aromatic carbocycles. The largest absolute Gasteiger partial charge is 0.468 e. The first-order chi connectivity index (χ1) is 8.61. The van der Waals surface area contributed by atoms with Gasteiger partial charge in [0.1, 0.15) is 12.4 Å². The van der Waals surface area contributed by atoms with Crippen molar-refractivity contribution in [2.45, 2.75) is 12.3 Å². The number of ether oxygens (including phenoxy) is 1. The van der Waals surface area contributed by atoms with Crippen molar-refractivity contribution >= 4 is 11.9 Å². The van der Waals surface area contributed by atoms with Crippen molar-refractivity contribution in [2.75, 3.05) is 13.7 Å². The van der Waals surface area contributed by atoms with Crippen molar-refractivity contribution in [1.29, 1.82) is 0 Å². The van der Waals surface area contributed by atoms with Gasteiger partial charge >= 0.3 is 5.97 Å². The number of carbonyl (C=O) groups excluding carboxylic acids is 2. The van der Waals surface area contributed by atoms with Crippen LogP contribution in [0.25, 0.3) is 0 Å². The first-order valence-electron chi connectivity index (χ1n) is 5.72. The van der Waals surface area contributed by atoms with Crippen LogP contribution in [0.15, 0.2) is 24.3 Å². The van der Waals surface area contributed by atoms with Crippen LogP contribution in [0.2, 0.25) is 0 Å². The molecule has 96 valence electrons. The van der Waals surface area contributed by atoms with Gasteiger partial charge in [-0.05, 0) is 30.0 Å². The van der Waals surface area contributed by atoms with E-state index in [0.717, 1.165) is 12.0 Å². The fourth-order valence-corrected chi connectivity index (χ4v) is 1.93. The van der Waals surface area contributed by atoms with E-state index in [0.29, 0.717) is 0 Å². The van der Waals surface area contributed by atoms with Gasteiger partial charge in [-0.25, -0.2) is 4.39 Å². The van der Waals surface area contributed by atoms with Crippen molar-refractivity contribution in [3.8, 4) is 0 Å². The molecule has 1 amide bonds. The van der Waals surface area contributed by atoms with Crippen molar-refractivity contribution in [2.24, 2.45) is 5.92 Å². The Morgan fingerprint density at radius 1 is 1.39 bits per heavy atom. The monoisotopic (exact) mass is 251 g/mol. The van der Waals surface area contributed by atoms with Gasteiger partial charge < -0.3 is 10.1 Å². The van der Waals surface area contributed by atoms with Crippen LogP contribution in [-0.2, 0) is 14.3 Å². The molecule has 0 spiro atoms. The zero-order chi connectivity index (χ0) is 13.1. The molecule has 1 aliphatic carbocycles. The van der Waals surface area contributed by atoms with E-state index in [2.05, 4.69) is 10.1 Å². The maximum absolute atomic E-state index is 12.7. The molecule has 2 atom stereocenters. The summed E-state index contributed by atoms with van der Waals surface area (Å²) >= 11 is 0. The van der Waals surface area contributed by atoms with Crippen LogP contribution in [0.1, 0.15) is 17.9 Å². The number of methoxy groups -OCH3 is 1. The second-order valence-electron chi connectivity index (χ2n) is 4.29. The topological polar surface area (TPSA) is 55.4 Å². The normalized spacial score (nSPS) is 21.2. The average molecular weight is 251 g/mol. The van der Waals surface area contributed by atoms with Gasteiger partial charge in [0, 0.05) is 5.92 Å². The molecular weight excluding hydrogens is 237 g/mol. The maximum Gasteiger partial charge on any atom is 0.325 e. The summed E-state index contributed by atoms with van der Waals surface area (Å²) in [6.45, 7) is -0.109. The first-order valence-corrected chi connectivity index (χ1v) is 5.72. The molecule has 1 fully saturated rings. The van der Waals surface area contributed by atoms with E-state index in [1.165, 1.54) is 19.2 Å². The molecule has 18 heavy (non-hydrogen) atoms. The number of amides is 1. The van der Waals surface area contributed by atoms with Gasteiger partial charge in [0.25, 0.3) is 0 Å². The van der Waals surface area contributed by atoms with Crippen LogP contribution in [0.3, 0.4) is 0 Å². The molecule has 0 bridgehead atoms. The zero-order valence-electron chi connectivity index (χ0n) is 9.98. The number of rotatable bonds is 4. The standard InChI is InChI=1S/C13H14FNO3/c1-18-12(16)7-15-13(17)11-6-10(11)8-2-4-9(14)5-3-8/h2-5,10-11H,6-7H2,1H3,(H,15,17). The van der Waals surface area contributed by atoms with Crippen molar-refractivity contribution in [1.82, 2.24) is 5.32 Å². The van der Waals surface area contributed by atoms with E-state index in [1.54, 1.807) is 12.1 Å². The average Bonchev–Trinajstić information content (AvgIpc) is 3.16. The third-order valence-electron chi connectivity index (χ3n) is 3.06. The Hall–Kier alpha value is -1.91. The quantitative estimate of drug-likeness (QED) is 0.818. The number of hydrogen-bond donors (Lipinski definition) is 1. The number of nitrogens with one attached hydrogen (secondary N) is 1. The SMILES string of the molecule is COC(=O)CNC(=O)C1CC1c1ccc(F)cc1. The van der Waals surface area contributed by atoms with Gasteiger partial charge in [0.15, 0.2) is 0 Å². The van der Waals surface area contributed by atoms with E-state index in [1.807, 2.05) is 0 Å². The Kier molecular flexibility index (Phi) is 3.60. The molecule has 4 nitrogen and oxygen atoms in total. The number of hydrogen-bond acceptors (Lipinski definition) is 3. The van der Waals surface area contributed by atoms with Crippen molar-refractivity contribution in [3.63, 3.8) is 0 Å². The Balaban J connectivity index is 1.85. The van der Waals surface area contributed by atoms with E-state index in [4.69, 9.17) is 0 Å². The lowest BCUT2D eigenvalue weighted by molar-refractivity contribution is -0.141. The van der Waals surface area contributed by atoms with Crippen molar-refractivity contribution in [3.05, 3.63) is 35.6 Å². The zero-order valence-corrected chi connectivity index (χ0v) is 9.98. The van der Waals surface area contributed by atoms with Gasteiger partial charge in [-0.3, -0.25) is 9.59 Å². The molecule has 0 aromatic heterocycles. The van der Waals surface area contributed by atoms with E-state index in [9.17, 15) is 14.0 Å². The third-order valence-corrected chi connectivity index (χ3v) is 3.06. The molecule has 1 saturated carbocycles. The van der Waals surface area contributed by atoms with Gasteiger partial charge in [0.2, 0.25) is 5.91 Å². The lowest BCUT2D eigenvalue weighted by atomic mass is 10.1. The molecular formula is C13H14FNO3. The van der Waals surface area contributed by atoms with E-state index >= 15 is 0 Å². The summed E-state index contributed by atoms with van der Waals surface area (Å²) in [4.78, 5) is 22.6. The van der Waals surface area contributed by atoms with Crippen molar-refractivity contribution < 1.29 is 18.7 Å². The number of esters is 1. The predicted octanol–water partition coefficient (Wildman–Crippen LogP) is 1.22. The summed E-state index contributed by atoms with van der Waals surface area (Å²) in [6, 6.07) is 6.15. The molecule has 2 rings (SSSR count). The van der Waals surface area contributed by atoms with Gasteiger partial charge in [-0.1, -0.05) is 12.1 Å². The molecule has 1 aromatic rings. The maximum atomic E-state index is 12.7. The second kappa shape index (κ2) is 5.16. The van der Waals surface area contributed by atoms with Crippen LogP contribution in [0, 0.1) is 11.7 Å². The summed E-state index contributed by atoms with van der Waals surface area (Å²) in [5, 5.41) is 2.52. The summed E-state index contributed by atoms with van der Waals surface area (Å²) in [6.07, 6.45) is 0.735. The van der Waals surface area contributed by atoms with Gasteiger partial charge in [-0.2, -0.15) is 0 Å². The lowest BCUT2D eigenvalue weighted by Crippen LogP contribution is -2.31.